The van der Waals surface area contributed by atoms with Crippen molar-refractivity contribution < 1.29 is 9.53 Å². The first-order valence-corrected chi connectivity index (χ1v) is 10.3. The number of rotatable bonds is 4. The maximum atomic E-state index is 12.7. The topological polar surface area (TPSA) is 29.5 Å². The van der Waals surface area contributed by atoms with E-state index in [2.05, 4.69) is 37.8 Å². The Kier molecular flexibility index (Phi) is 5.88. The Hall–Kier alpha value is -1.00. The minimum Gasteiger partial charge on any atom is -0.374 e. The number of ether oxygens (including phenoxy) is 1. The second kappa shape index (κ2) is 7.92. The lowest BCUT2D eigenvalue weighted by Gasteiger charge is -2.43. The quantitative estimate of drug-likeness (QED) is 0.824. The largest absolute Gasteiger partial charge is 0.374 e. The number of fused-ring (bicyclic) bond motifs is 1. The standard InChI is InChI=1S/C20H29NO2S/c1-14-10-15(2)17(16(3)11-14)12-24-13-20(22)21-8-9-23-19-7-5-4-6-18(19)21/h10-11,18-19H,4-9,12-13H2,1-3H3/t18-,19+/m0/s1. The zero-order chi connectivity index (χ0) is 17.1. The van der Waals surface area contributed by atoms with Gasteiger partial charge in [-0.2, -0.15) is 0 Å². The fourth-order valence-electron chi connectivity index (χ4n) is 4.17. The van der Waals surface area contributed by atoms with Crippen molar-refractivity contribution in [3.8, 4) is 0 Å². The summed E-state index contributed by atoms with van der Waals surface area (Å²) in [5.74, 6) is 1.79. The lowest BCUT2D eigenvalue weighted by atomic mass is 9.90. The highest BCUT2D eigenvalue weighted by Gasteiger charge is 2.36. The molecule has 2 atom stereocenters. The molecule has 2 fully saturated rings. The SMILES string of the molecule is Cc1cc(C)c(CSCC(=O)N2CCO[C@@H]3CCCC[C@@H]32)c(C)c1. The van der Waals surface area contributed by atoms with Crippen LogP contribution in [0.4, 0.5) is 0 Å². The van der Waals surface area contributed by atoms with Gasteiger partial charge in [0.15, 0.2) is 0 Å². The molecule has 3 nitrogen and oxygen atoms in total. The Balaban J connectivity index is 1.56. The molecule has 1 aliphatic heterocycles. The van der Waals surface area contributed by atoms with E-state index in [0.29, 0.717) is 24.3 Å². The van der Waals surface area contributed by atoms with Crippen LogP contribution in [-0.2, 0) is 15.3 Å². The van der Waals surface area contributed by atoms with E-state index in [4.69, 9.17) is 4.74 Å². The molecule has 1 aromatic rings. The van der Waals surface area contributed by atoms with Crippen LogP contribution < -0.4 is 0 Å². The predicted octanol–water partition coefficient (Wildman–Crippen LogP) is 4.02. The van der Waals surface area contributed by atoms with Crippen LogP contribution in [0.2, 0.25) is 0 Å². The fourth-order valence-corrected chi connectivity index (χ4v) is 5.27. The van der Waals surface area contributed by atoms with Gasteiger partial charge in [0.05, 0.1) is 24.5 Å². The first kappa shape index (κ1) is 17.8. The summed E-state index contributed by atoms with van der Waals surface area (Å²) >= 11 is 1.75. The first-order chi connectivity index (χ1) is 11.6. The number of hydrogen-bond donors (Lipinski definition) is 0. The Morgan fingerprint density at radius 2 is 1.92 bits per heavy atom. The lowest BCUT2D eigenvalue weighted by molar-refractivity contribution is -0.146. The summed E-state index contributed by atoms with van der Waals surface area (Å²) in [7, 11) is 0. The maximum Gasteiger partial charge on any atom is 0.232 e. The molecule has 132 valence electrons. The Labute approximate surface area is 150 Å². The van der Waals surface area contributed by atoms with Gasteiger partial charge in [0.25, 0.3) is 0 Å². The van der Waals surface area contributed by atoms with Gasteiger partial charge >= 0.3 is 0 Å². The third kappa shape index (κ3) is 3.97. The minimum absolute atomic E-state index is 0.281. The van der Waals surface area contributed by atoms with Crippen molar-refractivity contribution in [3.05, 3.63) is 34.4 Å². The van der Waals surface area contributed by atoms with E-state index in [1.54, 1.807) is 11.8 Å². The number of aryl methyl sites for hydroxylation is 3. The van der Waals surface area contributed by atoms with Gasteiger partial charge in [0, 0.05) is 12.3 Å². The minimum atomic E-state index is 0.281. The van der Waals surface area contributed by atoms with Crippen LogP contribution in [0.1, 0.15) is 47.9 Å². The van der Waals surface area contributed by atoms with Crippen LogP contribution in [-0.4, -0.2) is 41.9 Å². The van der Waals surface area contributed by atoms with Crippen LogP contribution in [0.5, 0.6) is 0 Å². The van der Waals surface area contributed by atoms with Crippen LogP contribution in [0.3, 0.4) is 0 Å². The van der Waals surface area contributed by atoms with E-state index >= 15 is 0 Å². The molecule has 3 rings (SSSR count). The first-order valence-electron chi connectivity index (χ1n) is 9.12. The van der Waals surface area contributed by atoms with Crippen molar-refractivity contribution in [2.45, 2.75) is 64.4 Å². The summed E-state index contributed by atoms with van der Waals surface area (Å²) in [6.07, 6.45) is 4.97. The van der Waals surface area contributed by atoms with Gasteiger partial charge in [-0.25, -0.2) is 0 Å². The van der Waals surface area contributed by atoms with Crippen molar-refractivity contribution in [3.63, 3.8) is 0 Å². The highest BCUT2D eigenvalue weighted by atomic mass is 32.2. The van der Waals surface area contributed by atoms with Gasteiger partial charge in [-0.05, 0) is 50.3 Å². The average molecular weight is 348 g/mol. The van der Waals surface area contributed by atoms with Crippen LogP contribution >= 0.6 is 11.8 Å². The third-order valence-corrected chi connectivity index (χ3v) is 6.31. The monoisotopic (exact) mass is 347 g/mol. The predicted molar refractivity (Wildman–Crippen MR) is 101 cm³/mol. The Morgan fingerprint density at radius 1 is 1.21 bits per heavy atom. The zero-order valence-corrected chi connectivity index (χ0v) is 16.0. The summed E-state index contributed by atoms with van der Waals surface area (Å²) in [5.41, 5.74) is 5.37. The lowest BCUT2D eigenvalue weighted by Crippen LogP contribution is -2.55. The molecule has 1 heterocycles. The molecule has 1 aliphatic carbocycles. The van der Waals surface area contributed by atoms with Crippen molar-refractivity contribution in [1.29, 1.82) is 0 Å². The summed E-state index contributed by atoms with van der Waals surface area (Å²) in [5, 5.41) is 0. The fraction of sp³-hybridized carbons (Fsp3) is 0.650. The van der Waals surface area contributed by atoms with E-state index in [1.165, 1.54) is 35.1 Å². The Morgan fingerprint density at radius 3 is 2.67 bits per heavy atom. The molecule has 24 heavy (non-hydrogen) atoms. The summed E-state index contributed by atoms with van der Waals surface area (Å²) in [4.78, 5) is 14.8. The zero-order valence-electron chi connectivity index (χ0n) is 15.1. The van der Waals surface area contributed by atoms with Gasteiger partial charge in [0.1, 0.15) is 0 Å². The van der Waals surface area contributed by atoms with E-state index < -0.39 is 0 Å². The van der Waals surface area contributed by atoms with Crippen LogP contribution in [0, 0.1) is 20.8 Å². The third-order valence-electron chi connectivity index (χ3n) is 5.36. The molecule has 1 aromatic carbocycles. The molecule has 1 amide bonds. The summed E-state index contributed by atoms with van der Waals surface area (Å²) in [6, 6.07) is 4.79. The number of benzene rings is 1. The number of thioether (sulfide) groups is 1. The molecular formula is C20H29NO2S. The van der Waals surface area contributed by atoms with Crippen LogP contribution in [0.15, 0.2) is 12.1 Å². The molecule has 0 spiro atoms. The summed E-state index contributed by atoms with van der Waals surface area (Å²) in [6.45, 7) is 7.95. The molecule has 0 N–H and O–H groups in total. The van der Waals surface area contributed by atoms with Gasteiger partial charge in [-0.3, -0.25) is 4.79 Å². The summed E-state index contributed by atoms with van der Waals surface area (Å²) < 4.78 is 5.88. The number of hydrogen-bond acceptors (Lipinski definition) is 3. The highest BCUT2D eigenvalue weighted by molar-refractivity contribution is 7.99. The number of carbonyl (C=O) groups excluding carboxylic acids is 1. The second-order valence-electron chi connectivity index (χ2n) is 7.22. The number of nitrogens with zero attached hydrogens (tertiary/aromatic N) is 1. The van der Waals surface area contributed by atoms with Crippen LogP contribution in [0.25, 0.3) is 0 Å². The van der Waals surface area contributed by atoms with E-state index in [1.807, 2.05) is 0 Å². The smallest absolute Gasteiger partial charge is 0.232 e. The van der Waals surface area contributed by atoms with Crippen molar-refractivity contribution >= 4 is 17.7 Å². The number of carbonyl (C=O) groups is 1. The molecule has 0 aromatic heterocycles. The second-order valence-corrected chi connectivity index (χ2v) is 8.20. The van der Waals surface area contributed by atoms with Gasteiger partial charge < -0.3 is 9.64 Å². The molecular weight excluding hydrogens is 318 g/mol. The van der Waals surface area contributed by atoms with Gasteiger partial charge in [-0.1, -0.05) is 30.5 Å². The van der Waals surface area contributed by atoms with E-state index in [9.17, 15) is 4.79 Å². The molecule has 0 unspecified atom stereocenters. The van der Waals surface area contributed by atoms with Crippen molar-refractivity contribution in [1.82, 2.24) is 4.90 Å². The molecule has 0 bridgehead atoms. The highest BCUT2D eigenvalue weighted by Crippen LogP contribution is 2.29. The van der Waals surface area contributed by atoms with Gasteiger partial charge in [0.2, 0.25) is 5.91 Å². The molecule has 4 heteroatoms. The van der Waals surface area contributed by atoms with Crippen molar-refractivity contribution in [2.24, 2.45) is 0 Å². The van der Waals surface area contributed by atoms with E-state index in [-0.39, 0.29) is 6.10 Å². The molecule has 1 saturated heterocycles. The number of morpholine rings is 1. The average Bonchev–Trinajstić information content (AvgIpc) is 2.56. The van der Waals surface area contributed by atoms with Crippen molar-refractivity contribution in [2.75, 3.05) is 18.9 Å². The molecule has 1 saturated carbocycles. The normalized spacial score (nSPS) is 23.9. The molecule has 0 radical (unpaired) electrons. The van der Waals surface area contributed by atoms with E-state index in [0.717, 1.165) is 25.1 Å². The number of amides is 1. The van der Waals surface area contributed by atoms with Gasteiger partial charge in [-0.15, -0.1) is 11.8 Å². The molecule has 2 aliphatic rings. The Bertz CT molecular complexity index is 576. The maximum absolute atomic E-state index is 12.7.